The number of pyridine rings is 1. The molecule has 0 aliphatic heterocycles. The van der Waals surface area contributed by atoms with Gasteiger partial charge in [-0.15, -0.1) is 22.7 Å². The van der Waals surface area contributed by atoms with Crippen molar-refractivity contribution in [1.29, 1.82) is 0 Å². The van der Waals surface area contributed by atoms with E-state index in [4.69, 9.17) is 15.0 Å². The maximum Gasteiger partial charge on any atom is 0.123 e. The second-order valence-corrected chi connectivity index (χ2v) is 17.4. The lowest BCUT2D eigenvalue weighted by atomic mass is 9.95. The minimum Gasteiger partial charge on any atom is -0.252 e. The first kappa shape index (κ1) is 40.4. The van der Waals surface area contributed by atoms with Gasteiger partial charge in [-0.2, -0.15) is 0 Å². The van der Waals surface area contributed by atoms with Crippen molar-refractivity contribution in [3.05, 3.63) is 88.7 Å². The molecule has 2 aliphatic carbocycles. The molecule has 54 heavy (non-hydrogen) atoms. The summed E-state index contributed by atoms with van der Waals surface area (Å²) in [7, 11) is 0. The number of aryl methyl sites for hydroxylation is 2. The Morgan fingerprint density at radius 3 is 1.59 bits per heavy atom. The second kappa shape index (κ2) is 21.1. The van der Waals surface area contributed by atoms with Crippen LogP contribution in [-0.2, 0) is 12.8 Å². The number of thiophene rings is 2. The zero-order valence-corrected chi connectivity index (χ0v) is 34.2. The summed E-state index contributed by atoms with van der Waals surface area (Å²) >= 11 is 3.42. The van der Waals surface area contributed by atoms with Crippen molar-refractivity contribution in [1.82, 2.24) is 15.0 Å². The summed E-state index contributed by atoms with van der Waals surface area (Å²) in [6.45, 7) is 4.55. The van der Waals surface area contributed by atoms with Crippen LogP contribution in [0.1, 0.15) is 151 Å². The van der Waals surface area contributed by atoms with Crippen molar-refractivity contribution in [3.8, 4) is 20.3 Å². The lowest BCUT2D eigenvalue weighted by Gasteiger charge is -2.17. The molecule has 4 heterocycles. The number of nitrogens with zero attached hydrogens (tertiary/aromatic N) is 3. The Bertz CT molecular complexity index is 1910. The van der Waals surface area contributed by atoms with E-state index in [1.165, 1.54) is 89.9 Å². The number of aromatic nitrogens is 3. The highest BCUT2D eigenvalue weighted by molar-refractivity contribution is 7.24. The van der Waals surface area contributed by atoms with Crippen LogP contribution in [0.15, 0.2) is 66.9 Å². The quantitative estimate of drug-likeness (QED) is 0.0748. The normalized spacial score (nSPS) is 17.0. The molecule has 6 rings (SSSR count). The fourth-order valence-electron chi connectivity index (χ4n) is 7.68. The molecule has 0 radical (unpaired) electrons. The first-order valence-corrected chi connectivity index (χ1v) is 22.6. The van der Waals surface area contributed by atoms with Gasteiger partial charge in [-0.1, -0.05) is 140 Å². The van der Waals surface area contributed by atoms with Gasteiger partial charge in [0.05, 0.1) is 16.3 Å². The van der Waals surface area contributed by atoms with Crippen LogP contribution in [0.2, 0.25) is 0 Å². The van der Waals surface area contributed by atoms with Gasteiger partial charge in [0.2, 0.25) is 0 Å². The van der Waals surface area contributed by atoms with E-state index in [0.29, 0.717) is 12.8 Å². The van der Waals surface area contributed by atoms with E-state index in [1.807, 2.05) is 30.5 Å². The highest BCUT2D eigenvalue weighted by atomic mass is 32.1. The zero-order chi connectivity index (χ0) is 37.5. The molecule has 0 saturated carbocycles. The van der Waals surface area contributed by atoms with Crippen LogP contribution >= 0.6 is 22.7 Å². The molecule has 4 aromatic rings. The molecule has 3 nitrogen and oxygen atoms in total. The van der Waals surface area contributed by atoms with Gasteiger partial charge < -0.3 is 0 Å². The molecule has 7 heteroatoms. The third-order valence-electron chi connectivity index (χ3n) is 10.8. The first-order chi connectivity index (χ1) is 26.5. The molecular formula is C47H59F2N3S2. The van der Waals surface area contributed by atoms with Gasteiger partial charge >= 0.3 is 0 Å². The molecular weight excluding hydrogens is 709 g/mol. The van der Waals surface area contributed by atoms with Gasteiger partial charge in [0.15, 0.2) is 0 Å². The maximum atomic E-state index is 14.7. The Morgan fingerprint density at radius 1 is 0.556 bits per heavy atom. The van der Waals surface area contributed by atoms with Gasteiger partial charge in [-0.25, -0.2) is 18.7 Å². The van der Waals surface area contributed by atoms with Crippen LogP contribution in [0.4, 0.5) is 8.78 Å². The molecule has 288 valence electrons. The summed E-state index contributed by atoms with van der Waals surface area (Å²) in [5.74, 6) is 0. The summed E-state index contributed by atoms with van der Waals surface area (Å²) in [5.41, 5.74) is 7.59. The summed E-state index contributed by atoms with van der Waals surface area (Å²) < 4.78 is 28.8. The van der Waals surface area contributed by atoms with Crippen molar-refractivity contribution in [3.63, 3.8) is 0 Å². The van der Waals surface area contributed by atoms with Crippen molar-refractivity contribution in [2.75, 3.05) is 0 Å². The van der Waals surface area contributed by atoms with Crippen LogP contribution in [0.5, 0.6) is 0 Å². The van der Waals surface area contributed by atoms with Crippen LogP contribution in [0, 0.1) is 0 Å². The lowest BCUT2D eigenvalue weighted by Crippen LogP contribution is -2.08. The topological polar surface area (TPSA) is 38.7 Å². The standard InChI is InChI=1S/C47H59F2N3S2/c1-3-5-7-9-11-13-15-17-25-39-40(26-18-16-14-12-10-8-6-4-2)52-47-45(51-39)38(34-21-19-23-36(48)31-34)33-50-46(47)44-30-29-43(54-44)42-28-27-41(53-42)35-22-20-24-37(49)32-35/h19-24,27-30,33,36-37H,3-18,25-26,31-32H2,1-2H3. The number of halogens is 2. The summed E-state index contributed by atoms with van der Waals surface area (Å²) in [4.78, 5) is 20.5. The zero-order valence-electron chi connectivity index (χ0n) is 32.6. The summed E-state index contributed by atoms with van der Waals surface area (Å²) in [5, 5.41) is 0. The average molecular weight is 768 g/mol. The molecule has 4 aromatic heterocycles. The third kappa shape index (κ3) is 11.2. The van der Waals surface area contributed by atoms with Crippen LogP contribution < -0.4 is 0 Å². The van der Waals surface area contributed by atoms with Gasteiger partial charge in [0.25, 0.3) is 0 Å². The highest BCUT2D eigenvalue weighted by Crippen LogP contribution is 2.42. The molecule has 0 amide bonds. The number of allylic oxidation sites excluding steroid dienone is 8. The number of hydrogen-bond acceptors (Lipinski definition) is 5. The maximum absolute atomic E-state index is 14.7. The van der Waals surface area contributed by atoms with Crippen molar-refractivity contribution >= 4 is 44.9 Å². The molecule has 2 aliphatic rings. The van der Waals surface area contributed by atoms with Gasteiger partial charge in [0, 0.05) is 39.2 Å². The predicted octanol–water partition coefficient (Wildman–Crippen LogP) is 15.2. The van der Waals surface area contributed by atoms with Gasteiger partial charge in [-0.3, -0.25) is 4.98 Å². The number of rotatable bonds is 22. The van der Waals surface area contributed by atoms with E-state index < -0.39 is 12.3 Å². The van der Waals surface area contributed by atoms with Crippen LogP contribution in [0.3, 0.4) is 0 Å². The molecule has 0 saturated heterocycles. The largest absolute Gasteiger partial charge is 0.252 e. The summed E-state index contributed by atoms with van der Waals surface area (Å²) in [6.07, 6.45) is 33.9. The van der Waals surface area contributed by atoms with E-state index in [0.717, 1.165) is 90.0 Å². The minimum atomic E-state index is -1.02. The van der Waals surface area contributed by atoms with Crippen molar-refractivity contribution in [2.45, 2.75) is 155 Å². The van der Waals surface area contributed by atoms with E-state index >= 15 is 0 Å². The number of fused-ring (bicyclic) bond motifs is 1. The summed E-state index contributed by atoms with van der Waals surface area (Å²) in [6, 6.07) is 8.57. The minimum absolute atomic E-state index is 0.320. The Kier molecular flexibility index (Phi) is 15.8. The van der Waals surface area contributed by atoms with Gasteiger partial charge in [-0.05, 0) is 61.1 Å². The van der Waals surface area contributed by atoms with Crippen molar-refractivity contribution < 1.29 is 8.78 Å². The lowest BCUT2D eigenvalue weighted by molar-refractivity contribution is 0.405. The van der Waals surface area contributed by atoms with Crippen LogP contribution in [0.25, 0.3) is 42.5 Å². The molecule has 2 unspecified atom stereocenters. The molecule has 0 fully saturated rings. The van der Waals surface area contributed by atoms with E-state index in [9.17, 15) is 8.78 Å². The Morgan fingerprint density at radius 2 is 1.02 bits per heavy atom. The first-order valence-electron chi connectivity index (χ1n) is 21.0. The second-order valence-electron chi connectivity index (χ2n) is 15.2. The number of unbranched alkanes of at least 4 members (excludes halogenated alkanes) is 14. The molecule has 0 spiro atoms. The SMILES string of the molecule is CCCCCCCCCCc1nc2c(C3=CC=CC(F)C3)cnc(-c3ccc(-c4ccc(C5=CC=CC(F)C5)s4)s3)c2nc1CCCCCCCCCC. The molecule has 0 N–H and O–H groups in total. The fraction of sp³-hybridized carbons (Fsp3) is 0.511. The Labute approximate surface area is 330 Å². The molecule has 0 bridgehead atoms. The molecule has 2 atom stereocenters. The number of hydrogen-bond donors (Lipinski definition) is 0. The average Bonchev–Trinajstić information content (AvgIpc) is 3.88. The van der Waals surface area contributed by atoms with E-state index in [-0.39, 0.29) is 0 Å². The van der Waals surface area contributed by atoms with E-state index in [1.54, 1.807) is 34.8 Å². The smallest absolute Gasteiger partial charge is 0.123 e. The highest BCUT2D eigenvalue weighted by Gasteiger charge is 2.22. The Hall–Kier alpha value is -3.29. The fourth-order valence-corrected chi connectivity index (χ4v) is 9.81. The van der Waals surface area contributed by atoms with E-state index in [2.05, 4.69) is 38.1 Å². The van der Waals surface area contributed by atoms with Gasteiger partial charge in [0.1, 0.15) is 29.1 Å². The third-order valence-corrected chi connectivity index (χ3v) is 13.3. The number of alkyl halides is 2. The van der Waals surface area contributed by atoms with Crippen LogP contribution in [-0.4, -0.2) is 27.3 Å². The van der Waals surface area contributed by atoms with Crippen molar-refractivity contribution in [2.24, 2.45) is 0 Å². The molecule has 0 aromatic carbocycles. The monoisotopic (exact) mass is 767 g/mol. The Balaban J connectivity index is 1.30. The predicted molar refractivity (Wildman–Crippen MR) is 230 cm³/mol.